The summed E-state index contributed by atoms with van der Waals surface area (Å²) in [5.74, 6) is -7.27. The van der Waals surface area contributed by atoms with E-state index in [4.69, 9.17) is 10.8 Å². The van der Waals surface area contributed by atoms with Crippen molar-refractivity contribution in [2.24, 2.45) is 5.73 Å². The van der Waals surface area contributed by atoms with Crippen LogP contribution in [0, 0.1) is 5.82 Å². The van der Waals surface area contributed by atoms with E-state index in [-0.39, 0.29) is 12.4 Å². The lowest BCUT2D eigenvalue weighted by molar-refractivity contribution is -0.291. The van der Waals surface area contributed by atoms with Crippen LogP contribution in [0.1, 0.15) is 11.6 Å². The molecule has 1 rings (SSSR count). The molecule has 0 unspecified atom stereocenters. The number of benzene rings is 1. The Hall–Kier alpha value is -1.15. The van der Waals surface area contributed by atoms with Crippen molar-refractivity contribution in [3.05, 3.63) is 29.6 Å². The molecule has 0 saturated carbocycles. The van der Waals surface area contributed by atoms with Gasteiger partial charge < -0.3 is 10.8 Å². The van der Waals surface area contributed by atoms with Gasteiger partial charge in [-0.1, -0.05) is 0 Å². The minimum Gasteiger partial charge on any atom is -0.508 e. The predicted molar refractivity (Wildman–Crippen MR) is 53.2 cm³/mol. The second kappa shape index (κ2) is 5.23. The molecule has 0 aliphatic heterocycles. The van der Waals surface area contributed by atoms with Gasteiger partial charge in [0.1, 0.15) is 17.6 Å². The van der Waals surface area contributed by atoms with Crippen molar-refractivity contribution in [1.29, 1.82) is 0 Å². The second-order valence-corrected chi connectivity index (χ2v) is 3.30. The maximum absolute atomic E-state index is 12.8. The van der Waals surface area contributed by atoms with Gasteiger partial charge in [-0.25, -0.2) is 4.39 Å². The zero-order valence-corrected chi connectivity index (χ0v) is 9.33. The van der Waals surface area contributed by atoms with E-state index in [1.807, 2.05) is 0 Å². The highest BCUT2D eigenvalue weighted by Gasteiger charge is 2.62. The van der Waals surface area contributed by atoms with Crippen molar-refractivity contribution in [3.63, 3.8) is 0 Å². The van der Waals surface area contributed by atoms with Gasteiger partial charge in [0, 0.05) is 5.56 Å². The lowest BCUT2D eigenvalue weighted by Crippen LogP contribution is -2.45. The number of aromatic hydroxyl groups is 1. The van der Waals surface area contributed by atoms with Crippen LogP contribution in [0.5, 0.6) is 5.75 Å². The van der Waals surface area contributed by atoms with Crippen LogP contribution in [0.15, 0.2) is 18.2 Å². The Morgan fingerprint density at radius 1 is 1.11 bits per heavy atom. The summed E-state index contributed by atoms with van der Waals surface area (Å²) in [4.78, 5) is 0. The summed E-state index contributed by atoms with van der Waals surface area (Å²) in [6.45, 7) is 0. The number of nitrogens with two attached hydrogens (primary N) is 1. The first-order valence-electron chi connectivity index (χ1n) is 4.26. The number of alkyl halides is 5. The summed E-state index contributed by atoms with van der Waals surface area (Å²) in [5.41, 5.74) is 3.72. The molecule has 3 N–H and O–H groups in total. The average molecular weight is 296 g/mol. The molecule has 0 bridgehead atoms. The van der Waals surface area contributed by atoms with Crippen LogP contribution in [-0.2, 0) is 0 Å². The topological polar surface area (TPSA) is 46.2 Å². The third kappa shape index (κ3) is 2.99. The van der Waals surface area contributed by atoms with Crippen LogP contribution in [0.4, 0.5) is 26.3 Å². The Bertz CT molecular complexity index is 422. The van der Waals surface area contributed by atoms with Crippen molar-refractivity contribution in [2.45, 2.75) is 18.1 Å². The Morgan fingerprint density at radius 2 is 1.61 bits per heavy atom. The monoisotopic (exact) mass is 295 g/mol. The first-order chi connectivity index (χ1) is 7.57. The van der Waals surface area contributed by atoms with Gasteiger partial charge in [-0.15, -0.1) is 12.4 Å². The van der Waals surface area contributed by atoms with Crippen molar-refractivity contribution in [3.8, 4) is 5.75 Å². The number of phenolic OH excluding ortho intramolecular Hbond substituents is 1. The second-order valence-electron chi connectivity index (χ2n) is 3.30. The molecule has 0 amide bonds. The fraction of sp³-hybridized carbons (Fsp3) is 0.333. The molecule has 104 valence electrons. The molecule has 0 aliphatic carbocycles. The van der Waals surface area contributed by atoms with Crippen molar-refractivity contribution in [2.75, 3.05) is 0 Å². The van der Waals surface area contributed by atoms with Gasteiger partial charge in [-0.05, 0) is 18.2 Å². The molecule has 0 heterocycles. The van der Waals surface area contributed by atoms with E-state index in [1.165, 1.54) is 0 Å². The van der Waals surface area contributed by atoms with Crippen LogP contribution < -0.4 is 5.73 Å². The van der Waals surface area contributed by atoms with Gasteiger partial charge in [0.25, 0.3) is 0 Å². The van der Waals surface area contributed by atoms with E-state index < -0.39 is 35.3 Å². The molecule has 0 spiro atoms. The maximum atomic E-state index is 12.8. The van der Waals surface area contributed by atoms with Crippen molar-refractivity contribution >= 4 is 12.4 Å². The number of hydrogen-bond acceptors (Lipinski definition) is 2. The Morgan fingerprint density at radius 3 is 2.06 bits per heavy atom. The Kier molecular flexibility index (Phi) is 4.90. The van der Waals surface area contributed by atoms with Gasteiger partial charge in [0.05, 0.1) is 0 Å². The zero-order valence-electron chi connectivity index (χ0n) is 8.51. The van der Waals surface area contributed by atoms with Crippen molar-refractivity contribution < 1.29 is 31.4 Å². The lowest BCUT2D eigenvalue weighted by atomic mass is 10.00. The fourth-order valence-corrected chi connectivity index (χ4v) is 1.15. The molecule has 0 radical (unpaired) electrons. The molecule has 2 nitrogen and oxygen atoms in total. The van der Waals surface area contributed by atoms with Gasteiger partial charge >= 0.3 is 12.1 Å². The van der Waals surface area contributed by atoms with E-state index in [0.29, 0.717) is 18.2 Å². The molecular weight excluding hydrogens is 288 g/mol. The highest BCUT2D eigenvalue weighted by Crippen LogP contribution is 2.44. The molecule has 0 aliphatic rings. The van der Waals surface area contributed by atoms with Crippen LogP contribution in [0.3, 0.4) is 0 Å². The average Bonchev–Trinajstić information content (AvgIpc) is 2.19. The SMILES string of the molecule is Cl.N[C@@H](c1cc(F)ccc1O)C(F)(F)C(F)(F)F. The molecule has 9 heteroatoms. The first kappa shape index (κ1) is 16.9. The van der Waals surface area contributed by atoms with Gasteiger partial charge in [-0.2, -0.15) is 22.0 Å². The van der Waals surface area contributed by atoms with Gasteiger partial charge in [0.15, 0.2) is 0 Å². The molecular formula is C9H8ClF6NO. The third-order valence-electron chi connectivity index (χ3n) is 2.09. The third-order valence-corrected chi connectivity index (χ3v) is 2.09. The van der Waals surface area contributed by atoms with Crippen LogP contribution in [0.25, 0.3) is 0 Å². The van der Waals surface area contributed by atoms with Crippen LogP contribution in [0.2, 0.25) is 0 Å². The van der Waals surface area contributed by atoms with Crippen molar-refractivity contribution in [1.82, 2.24) is 0 Å². The quantitative estimate of drug-likeness (QED) is 0.823. The number of hydrogen-bond donors (Lipinski definition) is 2. The summed E-state index contributed by atoms with van der Waals surface area (Å²) in [6, 6.07) is -1.19. The van der Waals surface area contributed by atoms with E-state index in [1.54, 1.807) is 0 Å². The standard InChI is InChI=1S/C9H7F6NO.ClH/c10-4-1-2-6(17)5(3-4)7(16)8(11,12)9(13,14)15;/h1-3,7,17H,16H2;1H/t7-;/m0./s1. The van der Waals surface area contributed by atoms with E-state index in [9.17, 15) is 26.3 Å². The molecule has 1 aromatic rings. The summed E-state index contributed by atoms with van der Waals surface area (Å²) in [5, 5.41) is 9.09. The molecule has 18 heavy (non-hydrogen) atoms. The zero-order chi connectivity index (χ0) is 13.4. The Labute approximate surface area is 104 Å². The van der Waals surface area contributed by atoms with E-state index in [0.717, 1.165) is 0 Å². The Balaban J connectivity index is 0.00000289. The minimum atomic E-state index is -5.88. The molecule has 0 fully saturated rings. The molecule has 1 aromatic carbocycles. The van der Waals surface area contributed by atoms with Gasteiger partial charge in [0.2, 0.25) is 0 Å². The predicted octanol–water partition coefficient (Wildman–Crippen LogP) is 3.15. The minimum absolute atomic E-state index is 0. The summed E-state index contributed by atoms with van der Waals surface area (Å²) in [6.07, 6.45) is -5.88. The largest absolute Gasteiger partial charge is 0.508 e. The normalized spacial score (nSPS) is 13.9. The van der Waals surface area contributed by atoms with E-state index >= 15 is 0 Å². The van der Waals surface area contributed by atoms with E-state index in [2.05, 4.69) is 0 Å². The highest BCUT2D eigenvalue weighted by atomic mass is 35.5. The van der Waals surface area contributed by atoms with Crippen LogP contribution >= 0.6 is 12.4 Å². The molecule has 0 aromatic heterocycles. The van der Waals surface area contributed by atoms with Crippen LogP contribution in [-0.4, -0.2) is 17.2 Å². The van der Waals surface area contributed by atoms with Gasteiger partial charge in [-0.3, -0.25) is 0 Å². The highest BCUT2D eigenvalue weighted by molar-refractivity contribution is 5.85. The number of rotatable bonds is 2. The first-order valence-corrected chi connectivity index (χ1v) is 4.26. The summed E-state index contributed by atoms with van der Waals surface area (Å²) >= 11 is 0. The number of halogens is 7. The fourth-order valence-electron chi connectivity index (χ4n) is 1.15. The maximum Gasteiger partial charge on any atom is 0.455 e. The summed E-state index contributed by atoms with van der Waals surface area (Å²) in [7, 11) is 0. The lowest BCUT2D eigenvalue weighted by Gasteiger charge is -2.26. The molecule has 1 atom stereocenters. The molecule has 0 saturated heterocycles. The number of phenols is 1. The summed E-state index contributed by atoms with van der Waals surface area (Å²) < 4.78 is 74.4. The smallest absolute Gasteiger partial charge is 0.455 e.